The Morgan fingerprint density at radius 2 is 2.00 bits per heavy atom. The summed E-state index contributed by atoms with van der Waals surface area (Å²) in [7, 11) is 5.71. The molecule has 0 amide bonds. The van der Waals surface area contributed by atoms with E-state index in [1.807, 2.05) is 44.4 Å². The molecule has 1 heterocycles. The first-order valence-corrected chi connectivity index (χ1v) is 8.57. The van der Waals surface area contributed by atoms with Crippen LogP contribution in [-0.2, 0) is 0 Å². The van der Waals surface area contributed by atoms with E-state index in [2.05, 4.69) is 21.3 Å². The number of likely N-dealkylation sites (N-methyl/N-ethyl adjacent to an activating group) is 1. The van der Waals surface area contributed by atoms with Crippen LogP contribution in [0.15, 0.2) is 54.6 Å². The number of nitro benzene ring substituents is 1. The summed E-state index contributed by atoms with van der Waals surface area (Å²) in [5.74, 6) is 1.55. The monoisotopic (exact) mass is 366 g/mol. The van der Waals surface area contributed by atoms with Crippen LogP contribution >= 0.6 is 0 Å². The van der Waals surface area contributed by atoms with Gasteiger partial charge >= 0.3 is 0 Å². The third-order valence-corrected chi connectivity index (χ3v) is 4.46. The lowest BCUT2D eigenvalue weighted by molar-refractivity contribution is -0.384. The molecule has 0 saturated carbocycles. The van der Waals surface area contributed by atoms with Crippen LogP contribution in [0.3, 0.4) is 0 Å². The van der Waals surface area contributed by atoms with Gasteiger partial charge in [-0.3, -0.25) is 10.1 Å². The van der Waals surface area contributed by atoms with Crippen LogP contribution in [0.4, 0.5) is 11.5 Å². The Balaban J connectivity index is 1.78. The molecule has 0 bridgehead atoms. The van der Waals surface area contributed by atoms with Crippen LogP contribution in [0.5, 0.6) is 5.75 Å². The second-order valence-corrected chi connectivity index (χ2v) is 6.47. The number of aromatic nitrogens is 1. The first-order valence-electron chi connectivity index (χ1n) is 8.57. The van der Waals surface area contributed by atoms with Gasteiger partial charge in [-0.1, -0.05) is 12.1 Å². The molecule has 3 rings (SSSR count). The topological polar surface area (TPSA) is 80.5 Å². The fourth-order valence-corrected chi connectivity index (χ4v) is 2.97. The van der Waals surface area contributed by atoms with E-state index >= 15 is 0 Å². The fourth-order valence-electron chi connectivity index (χ4n) is 2.97. The lowest BCUT2D eigenvalue weighted by Crippen LogP contribution is -2.27. The molecule has 0 saturated heterocycles. The summed E-state index contributed by atoms with van der Waals surface area (Å²) in [6, 6.07) is 16.5. The maximum Gasteiger partial charge on any atom is 0.270 e. The summed E-state index contributed by atoms with van der Waals surface area (Å²) in [5, 5.41) is 15.0. The largest absolute Gasteiger partial charge is 0.497 e. The van der Waals surface area contributed by atoms with E-state index in [-0.39, 0.29) is 11.7 Å². The van der Waals surface area contributed by atoms with E-state index in [0.717, 1.165) is 22.5 Å². The van der Waals surface area contributed by atoms with E-state index < -0.39 is 4.92 Å². The number of anilines is 1. The minimum absolute atomic E-state index is 0.0655. The van der Waals surface area contributed by atoms with Gasteiger partial charge in [-0.05, 0) is 50.0 Å². The van der Waals surface area contributed by atoms with Crippen LogP contribution < -0.4 is 10.1 Å². The maximum absolute atomic E-state index is 10.9. The summed E-state index contributed by atoms with van der Waals surface area (Å²) in [5.41, 5.74) is 1.92. The molecule has 7 nitrogen and oxygen atoms in total. The quantitative estimate of drug-likeness (QED) is 0.505. The summed E-state index contributed by atoms with van der Waals surface area (Å²) in [6.45, 7) is 0.658. The predicted molar refractivity (Wildman–Crippen MR) is 106 cm³/mol. The van der Waals surface area contributed by atoms with Crippen molar-refractivity contribution in [1.82, 2.24) is 9.88 Å². The highest BCUT2D eigenvalue weighted by molar-refractivity contribution is 5.82. The number of rotatable bonds is 7. The molecule has 0 fully saturated rings. The molecule has 0 radical (unpaired) electrons. The van der Waals surface area contributed by atoms with Crippen molar-refractivity contribution in [3.63, 3.8) is 0 Å². The van der Waals surface area contributed by atoms with Crippen LogP contribution in [0.2, 0.25) is 0 Å². The predicted octanol–water partition coefficient (Wildman–Crippen LogP) is 3.87. The standard InChI is InChI=1S/C20H22N4O3/c1-23(2)19(15-5-4-6-17(12-15)27-3)13-21-20-10-7-14-11-16(24(25)26)8-9-18(14)22-20/h4-12,19H,13H2,1-3H3,(H,21,22). The van der Waals surface area contributed by atoms with Gasteiger partial charge in [0.15, 0.2) is 0 Å². The number of ether oxygens (including phenoxy) is 1. The SMILES string of the molecule is COc1cccc(C(CNc2ccc3cc([N+](=O)[O-])ccc3n2)N(C)C)c1. The van der Waals surface area contributed by atoms with Gasteiger partial charge in [0.25, 0.3) is 5.69 Å². The van der Waals surface area contributed by atoms with Crippen LogP contribution in [0, 0.1) is 10.1 Å². The number of hydrogen-bond acceptors (Lipinski definition) is 6. The van der Waals surface area contributed by atoms with E-state index in [0.29, 0.717) is 12.1 Å². The third kappa shape index (κ3) is 4.32. The Morgan fingerprint density at radius 3 is 2.70 bits per heavy atom. The summed E-state index contributed by atoms with van der Waals surface area (Å²) in [6.07, 6.45) is 0. The van der Waals surface area contributed by atoms with Crippen molar-refractivity contribution >= 4 is 22.4 Å². The van der Waals surface area contributed by atoms with Crippen molar-refractivity contribution < 1.29 is 9.66 Å². The van der Waals surface area contributed by atoms with Gasteiger partial charge in [0.1, 0.15) is 11.6 Å². The number of non-ortho nitro benzene ring substituents is 1. The number of fused-ring (bicyclic) bond motifs is 1. The summed E-state index contributed by atoms with van der Waals surface area (Å²) >= 11 is 0. The Bertz CT molecular complexity index is 959. The highest BCUT2D eigenvalue weighted by Crippen LogP contribution is 2.24. The van der Waals surface area contributed by atoms with Crippen molar-refractivity contribution in [2.45, 2.75) is 6.04 Å². The van der Waals surface area contributed by atoms with E-state index in [1.54, 1.807) is 13.2 Å². The number of nitrogens with zero attached hydrogens (tertiary/aromatic N) is 3. The first-order chi connectivity index (χ1) is 13.0. The molecule has 1 N–H and O–H groups in total. The Hall–Kier alpha value is -3.19. The molecule has 0 aliphatic rings. The highest BCUT2D eigenvalue weighted by Gasteiger charge is 2.15. The minimum atomic E-state index is -0.401. The molecule has 1 atom stereocenters. The van der Waals surface area contributed by atoms with Gasteiger partial charge in [-0.2, -0.15) is 0 Å². The van der Waals surface area contributed by atoms with Crippen molar-refractivity contribution in [3.8, 4) is 5.75 Å². The molecule has 7 heteroatoms. The number of nitrogens with one attached hydrogen (secondary N) is 1. The zero-order valence-electron chi connectivity index (χ0n) is 15.5. The zero-order valence-corrected chi connectivity index (χ0v) is 15.5. The fraction of sp³-hybridized carbons (Fsp3) is 0.250. The first kappa shape index (κ1) is 18.6. The molecule has 1 unspecified atom stereocenters. The van der Waals surface area contributed by atoms with Gasteiger partial charge in [-0.25, -0.2) is 4.98 Å². The normalized spacial score (nSPS) is 12.1. The maximum atomic E-state index is 10.9. The Labute approximate surface area is 157 Å². The molecule has 2 aromatic carbocycles. The smallest absolute Gasteiger partial charge is 0.270 e. The highest BCUT2D eigenvalue weighted by atomic mass is 16.6. The average molecular weight is 366 g/mol. The molecule has 3 aromatic rings. The number of hydrogen-bond donors (Lipinski definition) is 1. The second-order valence-electron chi connectivity index (χ2n) is 6.47. The Morgan fingerprint density at radius 1 is 1.19 bits per heavy atom. The summed E-state index contributed by atoms with van der Waals surface area (Å²) < 4.78 is 5.32. The third-order valence-electron chi connectivity index (χ3n) is 4.46. The van der Waals surface area contributed by atoms with Gasteiger partial charge in [0.2, 0.25) is 0 Å². The van der Waals surface area contributed by atoms with Crippen LogP contribution in [0.25, 0.3) is 10.9 Å². The molecule has 1 aromatic heterocycles. The van der Waals surface area contributed by atoms with Gasteiger partial charge in [0.05, 0.1) is 23.6 Å². The molecule has 0 spiro atoms. The van der Waals surface area contributed by atoms with Gasteiger partial charge in [0, 0.05) is 24.1 Å². The van der Waals surface area contributed by atoms with Crippen LogP contribution in [0.1, 0.15) is 11.6 Å². The molecular formula is C20H22N4O3. The molecule has 0 aliphatic heterocycles. The van der Waals surface area contributed by atoms with Crippen molar-refractivity contribution in [2.24, 2.45) is 0 Å². The van der Waals surface area contributed by atoms with E-state index in [4.69, 9.17) is 4.74 Å². The molecule has 140 valence electrons. The van der Waals surface area contributed by atoms with Crippen molar-refractivity contribution in [1.29, 1.82) is 0 Å². The van der Waals surface area contributed by atoms with Crippen molar-refractivity contribution in [3.05, 3.63) is 70.3 Å². The van der Waals surface area contributed by atoms with Crippen molar-refractivity contribution in [2.75, 3.05) is 33.1 Å². The molecule has 0 aliphatic carbocycles. The zero-order chi connectivity index (χ0) is 19.4. The molecule has 27 heavy (non-hydrogen) atoms. The Kier molecular flexibility index (Phi) is 5.52. The number of benzene rings is 2. The lowest BCUT2D eigenvalue weighted by Gasteiger charge is -2.25. The summed E-state index contributed by atoms with van der Waals surface area (Å²) in [4.78, 5) is 17.2. The number of nitro groups is 1. The van der Waals surface area contributed by atoms with E-state index in [1.165, 1.54) is 12.1 Å². The minimum Gasteiger partial charge on any atom is -0.497 e. The van der Waals surface area contributed by atoms with Gasteiger partial charge < -0.3 is 15.0 Å². The van der Waals surface area contributed by atoms with Gasteiger partial charge in [-0.15, -0.1) is 0 Å². The average Bonchev–Trinajstić information content (AvgIpc) is 2.67. The number of methoxy groups -OCH3 is 1. The number of pyridine rings is 1. The van der Waals surface area contributed by atoms with E-state index in [9.17, 15) is 10.1 Å². The second kappa shape index (κ2) is 8.01. The van der Waals surface area contributed by atoms with Crippen LogP contribution in [-0.4, -0.2) is 42.6 Å². The molecular weight excluding hydrogens is 344 g/mol. The lowest BCUT2D eigenvalue weighted by atomic mass is 10.1.